The number of fused-ring (bicyclic) bond motifs is 1. The van der Waals surface area contributed by atoms with Gasteiger partial charge in [0, 0.05) is 11.9 Å². The van der Waals surface area contributed by atoms with Crippen molar-refractivity contribution in [1.82, 2.24) is 15.3 Å². The molecule has 0 fully saturated rings. The Labute approximate surface area is 188 Å². The van der Waals surface area contributed by atoms with Gasteiger partial charge in [-0.3, -0.25) is 10.1 Å². The number of nitrogens with zero attached hydrogens (tertiary/aromatic N) is 2. The van der Waals surface area contributed by atoms with Crippen molar-refractivity contribution in [3.8, 4) is 17.2 Å². The molecule has 0 aliphatic rings. The molecule has 0 saturated heterocycles. The maximum Gasteiger partial charge on any atom is 0.261 e. The standard InChI is InChI=1S/C22H17ClN4O3S/c1-12-5-3-6-14(18(12)29-2)20(28)27-22(31)25-13-8-9-16(23)15(11-13)21-26-19-17(30-21)7-4-10-24-19/h3-11H,1-2H3,(H2,25,27,28,31). The van der Waals surface area contributed by atoms with Crippen molar-refractivity contribution in [2.45, 2.75) is 6.92 Å². The molecule has 0 unspecified atom stereocenters. The molecule has 7 nitrogen and oxygen atoms in total. The fraction of sp³-hybridized carbons (Fsp3) is 0.0909. The summed E-state index contributed by atoms with van der Waals surface area (Å²) in [6.45, 7) is 1.86. The van der Waals surface area contributed by atoms with E-state index in [4.69, 9.17) is 33.0 Å². The van der Waals surface area contributed by atoms with Gasteiger partial charge in [-0.15, -0.1) is 0 Å². The number of benzene rings is 2. The number of amides is 1. The molecule has 9 heteroatoms. The topological polar surface area (TPSA) is 89.3 Å². The molecule has 2 aromatic carbocycles. The van der Waals surface area contributed by atoms with Crippen molar-refractivity contribution in [1.29, 1.82) is 0 Å². The molecular formula is C22H17ClN4O3S. The van der Waals surface area contributed by atoms with Gasteiger partial charge in [-0.2, -0.15) is 4.98 Å². The number of hydrogen-bond acceptors (Lipinski definition) is 6. The fourth-order valence-electron chi connectivity index (χ4n) is 3.09. The highest BCUT2D eigenvalue weighted by Crippen LogP contribution is 2.32. The molecule has 31 heavy (non-hydrogen) atoms. The number of pyridine rings is 1. The molecule has 0 saturated carbocycles. The first-order valence-electron chi connectivity index (χ1n) is 9.23. The summed E-state index contributed by atoms with van der Waals surface area (Å²) in [4.78, 5) is 21.2. The van der Waals surface area contributed by atoms with Crippen molar-refractivity contribution < 1.29 is 13.9 Å². The maximum absolute atomic E-state index is 12.6. The number of ether oxygens (including phenoxy) is 1. The van der Waals surface area contributed by atoms with Crippen molar-refractivity contribution in [3.05, 3.63) is 70.9 Å². The van der Waals surface area contributed by atoms with Crippen molar-refractivity contribution in [2.75, 3.05) is 12.4 Å². The van der Waals surface area contributed by atoms with E-state index in [9.17, 15) is 4.79 Å². The molecule has 4 rings (SSSR count). The first-order chi connectivity index (χ1) is 15.0. The average molecular weight is 453 g/mol. The van der Waals surface area contributed by atoms with E-state index in [-0.39, 0.29) is 11.0 Å². The number of carbonyl (C=O) groups excluding carboxylic acids is 1. The lowest BCUT2D eigenvalue weighted by Gasteiger charge is -2.13. The normalized spacial score (nSPS) is 10.7. The third kappa shape index (κ3) is 4.35. The van der Waals surface area contributed by atoms with Gasteiger partial charge in [0.2, 0.25) is 5.89 Å². The number of halogens is 1. The Bertz CT molecular complexity index is 1270. The van der Waals surface area contributed by atoms with Gasteiger partial charge in [-0.25, -0.2) is 4.98 Å². The number of rotatable bonds is 4. The van der Waals surface area contributed by atoms with Gasteiger partial charge in [0.1, 0.15) is 5.75 Å². The number of anilines is 1. The Kier molecular flexibility index (Phi) is 5.83. The minimum Gasteiger partial charge on any atom is -0.496 e. The second-order valence-electron chi connectivity index (χ2n) is 6.60. The van der Waals surface area contributed by atoms with E-state index in [2.05, 4.69) is 20.6 Å². The summed E-state index contributed by atoms with van der Waals surface area (Å²) in [5.74, 6) is 0.459. The van der Waals surface area contributed by atoms with E-state index < -0.39 is 0 Å². The Hall–Kier alpha value is -3.49. The Morgan fingerprint density at radius 3 is 2.81 bits per heavy atom. The Morgan fingerprint density at radius 2 is 2.03 bits per heavy atom. The third-order valence-electron chi connectivity index (χ3n) is 4.51. The number of aromatic nitrogens is 2. The maximum atomic E-state index is 12.6. The van der Waals surface area contributed by atoms with Crippen LogP contribution < -0.4 is 15.4 Å². The number of thiocarbonyl (C=S) groups is 1. The molecule has 0 radical (unpaired) electrons. The summed E-state index contributed by atoms with van der Waals surface area (Å²) in [5, 5.41) is 6.22. The molecule has 0 atom stereocenters. The van der Waals surface area contributed by atoms with Crippen LogP contribution in [0.4, 0.5) is 5.69 Å². The molecule has 0 bridgehead atoms. The molecule has 0 aliphatic heterocycles. The van der Waals surface area contributed by atoms with Crippen LogP contribution in [0.15, 0.2) is 59.1 Å². The highest BCUT2D eigenvalue weighted by atomic mass is 35.5. The van der Waals surface area contributed by atoms with E-state index in [1.54, 1.807) is 48.7 Å². The van der Waals surface area contributed by atoms with Gasteiger partial charge >= 0.3 is 0 Å². The lowest BCUT2D eigenvalue weighted by Crippen LogP contribution is -2.34. The molecule has 0 spiro atoms. The van der Waals surface area contributed by atoms with Gasteiger partial charge in [0.05, 0.1) is 23.3 Å². The minimum atomic E-state index is -0.378. The largest absolute Gasteiger partial charge is 0.496 e. The zero-order chi connectivity index (χ0) is 22.0. The van der Waals surface area contributed by atoms with Gasteiger partial charge in [0.15, 0.2) is 16.3 Å². The first-order valence-corrected chi connectivity index (χ1v) is 10.0. The van der Waals surface area contributed by atoms with Crippen molar-refractivity contribution in [2.24, 2.45) is 0 Å². The van der Waals surface area contributed by atoms with Gasteiger partial charge in [-0.05, 0) is 61.1 Å². The van der Waals surface area contributed by atoms with Crippen molar-refractivity contribution in [3.63, 3.8) is 0 Å². The number of aryl methyl sites for hydroxylation is 1. The number of para-hydroxylation sites is 1. The first kappa shape index (κ1) is 20.8. The number of hydrogen-bond donors (Lipinski definition) is 2. The van der Waals surface area contributed by atoms with Crippen LogP contribution >= 0.6 is 23.8 Å². The zero-order valence-corrected chi connectivity index (χ0v) is 18.2. The van der Waals surface area contributed by atoms with Crippen LogP contribution in [0.5, 0.6) is 5.75 Å². The zero-order valence-electron chi connectivity index (χ0n) is 16.6. The molecule has 0 aliphatic carbocycles. The second kappa shape index (κ2) is 8.71. The van der Waals surface area contributed by atoms with Crippen LogP contribution in [-0.2, 0) is 0 Å². The number of oxazole rings is 1. The predicted molar refractivity (Wildman–Crippen MR) is 124 cm³/mol. The monoisotopic (exact) mass is 452 g/mol. The van der Waals surface area contributed by atoms with E-state index in [1.807, 2.05) is 13.0 Å². The molecule has 4 aromatic rings. The summed E-state index contributed by atoms with van der Waals surface area (Å²) < 4.78 is 11.1. The fourth-order valence-corrected chi connectivity index (χ4v) is 3.50. The summed E-state index contributed by atoms with van der Waals surface area (Å²) in [6.07, 6.45) is 1.64. The second-order valence-corrected chi connectivity index (χ2v) is 7.42. The van der Waals surface area contributed by atoms with Crippen LogP contribution in [0.3, 0.4) is 0 Å². The Morgan fingerprint density at radius 1 is 1.19 bits per heavy atom. The molecule has 2 N–H and O–H groups in total. The van der Waals surface area contributed by atoms with E-state index in [0.717, 1.165) is 5.56 Å². The molecule has 156 valence electrons. The molecule has 2 aromatic heterocycles. The van der Waals surface area contributed by atoms with E-state index in [0.29, 0.717) is 44.7 Å². The number of nitrogens with one attached hydrogen (secondary N) is 2. The van der Waals surface area contributed by atoms with Crippen LogP contribution in [0.1, 0.15) is 15.9 Å². The minimum absolute atomic E-state index is 0.126. The smallest absolute Gasteiger partial charge is 0.261 e. The van der Waals surface area contributed by atoms with Crippen LogP contribution in [0.2, 0.25) is 5.02 Å². The molecule has 2 heterocycles. The number of methoxy groups -OCH3 is 1. The summed E-state index contributed by atoms with van der Waals surface area (Å²) in [5.41, 5.74) is 3.46. The predicted octanol–water partition coefficient (Wildman–Crippen LogP) is 4.99. The molecule has 1 amide bonds. The lowest BCUT2D eigenvalue weighted by molar-refractivity contribution is 0.0974. The highest BCUT2D eigenvalue weighted by molar-refractivity contribution is 7.80. The average Bonchev–Trinajstić information content (AvgIpc) is 3.18. The lowest BCUT2D eigenvalue weighted by atomic mass is 10.1. The summed E-state index contributed by atoms with van der Waals surface area (Å²) >= 11 is 11.6. The number of carbonyl (C=O) groups is 1. The van der Waals surface area contributed by atoms with Gasteiger partial charge < -0.3 is 14.5 Å². The quantitative estimate of drug-likeness (QED) is 0.422. The summed E-state index contributed by atoms with van der Waals surface area (Å²) in [6, 6.07) is 14.0. The summed E-state index contributed by atoms with van der Waals surface area (Å²) in [7, 11) is 1.52. The Balaban J connectivity index is 1.53. The van der Waals surface area contributed by atoms with Crippen LogP contribution in [0, 0.1) is 6.92 Å². The van der Waals surface area contributed by atoms with E-state index >= 15 is 0 Å². The van der Waals surface area contributed by atoms with Crippen LogP contribution in [-0.4, -0.2) is 28.1 Å². The highest BCUT2D eigenvalue weighted by Gasteiger charge is 2.16. The van der Waals surface area contributed by atoms with Gasteiger partial charge in [-0.1, -0.05) is 23.7 Å². The third-order valence-corrected chi connectivity index (χ3v) is 5.04. The van der Waals surface area contributed by atoms with Crippen molar-refractivity contribution >= 4 is 51.8 Å². The van der Waals surface area contributed by atoms with E-state index in [1.165, 1.54) is 7.11 Å². The molecular weight excluding hydrogens is 436 g/mol. The van der Waals surface area contributed by atoms with Crippen LogP contribution in [0.25, 0.3) is 22.7 Å². The van der Waals surface area contributed by atoms with Gasteiger partial charge in [0.25, 0.3) is 5.91 Å². The SMILES string of the molecule is COc1c(C)cccc1C(=O)NC(=S)Nc1ccc(Cl)c(-c2nc3ncccc3o2)c1.